The number of ketones is 2. The standard InChI is InChI=1S/C35H42N2O4/c1-7-14-37-26-17-34(3,4)19-28(38)32(26)31(33-27(37)18-35(5,6)20-29(33)39)23-11-9-13-25(16-23)41-21-30(40)36-24-12-8-10-22(2)15-24/h8-13,15-16,31H,7,14,17-21H2,1-6H3,(H,36,40). The zero-order valence-electron chi connectivity index (χ0n) is 25.2. The minimum Gasteiger partial charge on any atom is -0.484 e. The van der Waals surface area contributed by atoms with E-state index in [9.17, 15) is 14.4 Å². The number of benzene rings is 2. The fourth-order valence-corrected chi connectivity index (χ4v) is 6.73. The lowest BCUT2D eigenvalue weighted by atomic mass is 9.63. The average Bonchev–Trinajstić information content (AvgIpc) is 2.87. The topological polar surface area (TPSA) is 75.7 Å². The van der Waals surface area contributed by atoms with Crippen LogP contribution in [0.4, 0.5) is 5.69 Å². The van der Waals surface area contributed by atoms with E-state index in [1.54, 1.807) is 0 Å². The van der Waals surface area contributed by atoms with Crippen LogP contribution in [0, 0.1) is 17.8 Å². The van der Waals surface area contributed by atoms with Crippen molar-refractivity contribution in [2.24, 2.45) is 10.8 Å². The summed E-state index contributed by atoms with van der Waals surface area (Å²) in [5, 5.41) is 2.88. The molecule has 41 heavy (non-hydrogen) atoms. The summed E-state index contributed by atoms with van der Waals surface area (Å²) in [7, 11) is 0. The van der Waals surface area contributed by atoms with E-state index in [4.69, 9.17) is 4.74 Å². The zero-order chi connectivity index (χ0) is 29.5. The summed E-state index contributed by atoms with van der Waals surface area (Å²) >= 11 is 0. The van der Waals surface area contributed by atoms with E-state index in [-0.39, 0.29) is 34.9 Å². The molecule has 0 radical (unpaired) electrons. The van der Waals surface area contributed by atoms with Crippen LogP contribution in [-0.4, -0.2) is 35.5 Å². The van der Waals surface area contributed by atoms with Gasteiger partial charge in [0.1, 0.15) is 5.75 Å². The molecule has 6 heteroatoms. The first kappa shape index (κ1) is 28.8. The van der Waals surface area contributed by atoms with E-state index in [2.05, 4.69) is 44.8 Å². The molecule has 1 heterocycles. The molecule has 0 saturated carbocycles. The van der Waals surface area contributed by atoms with Crippen LogP contribution in [0.15, 0.2) is 71.1 Å². The molecule has 0 fully saturated rings. The predicted molar refractivity (Wildman–Crippen MR) is 162 cm³/mol. The first-order chi connectivity index (χ1) is 19.4. The molecule has 0 unspecified atom stereocenters. The fraction of sp³-hybridized carbons (Fsp3) is 0.457. The van der Waals surface area contributed by atoms with Gasteiger partial charge in [-0.05, 0) is 72.4 Å². The number of Topliss-reactive ketones (excluding diaryl/α,β-unsaturated/α-hetero) is 2. The van der Waals surface area contributed by atoms with Crippen LogP contribution in [0.25, 0.3) is 0 Å². The van der Waals surface area contributed by atoms with Gasteiger partial charge in [-0.1, -0.05) is 58.9 Å². The predicted octanol–water partition coefficient (Wildman–Crippen LogP) is 7.11. The number of carbonyl (C=O) groups is 3. The SMILES string of the molecule is CCCN1C2=C(C(=O)CC(C)(C)C2)C(c2cccc(OCC(=O)Nc3cccc(C)c3)c2)C2=C1CC(C)(C)CC2=O. The minimum atomic E-state index is -0.426. The van der Waals surface area contributed by atoms with Gasteiger partial charge in [-0.2, -0.15) is 0 Å². The van der Waals surface area contributed by atoms with Gasteiger partial charge in [-0.25, -0.2) is 0 Å². The van der Waals surface area contributed by atoms with E-state index in [0.29, 0.717) is 18.6 Å². The zero-order valence-corrected chi connectivity index (χ0v) is 25.2. The molecule has 1 amide bonds. The highest BCUT2D eigenvalue weighted by molar-refractivity contribution is 6.06. The van der Waals surface area contributed by atoms with Crippen molar-refractivity contribution in [1.29, 1.82) is 0 Å². The number of nitrogens with zero attached hydrogens (tertiary/aromatic N) is 1. The molecule has 1 N–H and O–H groups in total. The maximum absolute atomic E-state index is 13.9. The first-order valence-electron chi connectivity index (χ1n) is 14.8. The molecule has 0 atom stereocenters. The highest BCUT2D eigenvalue weighted by Crippen LogP contribution is 2.54. The van der Waals surface area contributed by atoms with Gasteiger partial charge < -0.3 is 15.0 Å². The average molecular weight is 555 g/mol. The molecular formula is C35H42N2O4. The van der Waals surface area contributed by atoms with Crippen LogP contribution >= 0.6 is 0 Å². The molecule has 0 aromatic heterocycles. The van der Waals surface area contributed by atoms with Gasteiger partial charge in [0.05, 0.1) is 0 Å². The number of hydrogen-bond acceptors (Lipinski definition) is 5. The quantitative estimate of drug-likeness (QED) is 0.395. The highest BCUT2D eigenvalue weighted by atomic mass is 16.5. The molecule has 2 aromatic carbocycles. The Labute approximate surface area is 243 Å². The number of nitrogens with one attached hydrogen (secondary N) is 1. The number of rotatable bonds is 7. The van der Waals surface area contributed by atoms with Crippen LogP contribution in [-0.2, 0) is 14.4 Å². The van der Waals surface area contributed by atoms with Gasteiger partial charge in [0.25, 0.3) is 5.91 Å². The van der Waals surface area contributed by atoms with Crippen LogP contribution < -0.4 is 10.1 Å². The van der Waals surface area contributed by atoms with Crippen LogP contribution in [0.5, 0.6) is 5.75 Å². The van der Waals surface area contributed by atoms with E-state index >= 15 is 0 Å². The number of ether oxygens (including phenoxy) is 1. The van der Waals surface area contributed by atoms with Gasteiger partial charge >= 0.3 is 0 Å². The van der Waals surface area contributed by atoms with Crippen molar-refractivity contribution in [1.82, 2.24) is 4.90 Å². The molecule has 1 aliphatic heterocycles. The van der Waals surface area contributed by atoms with E-state index in [1.165, 1.54) is 0 Å². The summed E-state index contributed by atoms with van der Waals surface area (Å²) in [5.41, 5.74) is 6.03. The van der Waals surface area contributed by atoms with Crippen molar-refractivity contribution in [2.75, 3.05) is 18.5 Å². The van der Waals surface area contributed by atoms with Crippen LogP contribution in [0.3, 0.4) is 0 Å². The Bertz CT molecular complexity index is 1410. The van der Waals surface area contributed by atoms with E-state index in [0.717, 1.165) is 65.2 Å². The Morgan fingerprint density at radius 2 is 1.51 bits per heavy atom. The van der Waals surface area contributed by atoms with Crippen molar-refractivity contribution >= 4 is 23.2 Å². The molecule has 5 rings (SSSR count). The van der Waals surface area contributed by atoms with Gasteiger partial charge in [0.2, 0.25) is 0 Å². The van der Waals surface area contributed by atoms with Crippen molar-refractivity contribution in [2.45, 2.75) is 79.6 Å². The summed E-state index contributed by atoms with van der Waals surface area (Å²) in [5.74, 6) is 0.100. The van der Waals surface area contributed by atoms with Crippen molar-refractivity contribution in [3.8, 4) is 5.75 Å². The number of anilines is 1. The lowest BCUT2D eigenvalue weighted by Gasteiger charge is -2.49. The largest absolute Gasteiger partial charge is 0.484 e. The van der Waals surface area contributed by atoms with Crippen LogP contribution in [0.2, 0.25) is 0 Å². The molecule has 2 aromatic rings. The third-order valence-electron chi connectivity index (χ3n) is 8.33. The Hall–Kier alpha value is -3.67. The minimum absolute atomic E-state index is 0.121. The summed E-state index contributed by atoms with van der Waals surface area (Å²) in [6.07, 6.45) is 3.44. The molecule has 0 spiro atoms. The Balaban J connectivity index is 1.51. The smallest absolute Gasteiger partial charge is 0.262 e. The second kappa shape index (κ2) is 11.0. The monoisotopic (exact) mass is 554 g/mol. The molecule has 2 aliphatic carbocycles. The third-order valence-corrected chi connectivity index (χ3v) is 8.33. The number of amides is 1. The maximum Gasteiger partial charge on any atom is 0.262 e. The van der Waals surface area contributed by atoms with Gasteiger partial charge in [-0.15, -0.1) is 0 Å². The molecule has 0 saturated heterocycles. The summed E-state index contributed by atoms with van der Waals surface area (Å²) in [6, 6.07) is 15.2. The van der Waals surface area contributed by atoms with E-state index < -0.39 is 5.92 Å². The summed E-state index contributed by atoms with van der Waals surface area (Å²) < 4.78 is 5.93. The number of aryl methyl sites for hydroxylation is 1. The highest BCUT2D eigenvalue weighted by Gasteiger charge is 2.48. The van der Waals surface area contributed by atoms with Crippen molar-refractivity contribution in [3.05, 3.63) is 82.2 Å². The molecule has 0 bridgehead atoms. The summed E-state index contributed by atoms with van der Waals surface area (Å²) in [6.45, 7) is 13.4. The fourth-order valence-electron chi connectivity index (χ4n) is 6.73. The second-order valence-corrected chi connectivity index (χ2v) is 13.5. The summed E-state index contributed by atoms with van der Waals surface area (Å²) in [4.78, 5) is 42.7. The Morgan fingerprint density at radius 3 is 2.10 bits per heavy atom. The lowest BCUT2D eigenvalue weighted by molar-refractivity contribution is -0.120. The van der Waals surface area contributed by atoms with Gasteiger partial charge in [-0.3, -0.25) is 14.4 Å². The lowest BCUT2D eigenvalue weighted by Crippen LogP contribution is -2.44. The normalized spacial score (nSPS) is 20.1. The molecular weight excluding hydrogens is 512 g/mol. The maximum atomic E-state index is 13.9. The van der Waals surface area contributed by atoms with E-state index in [1.807, 2.05) is 55.5 Å². The first-order valence-corrected chi connectivity index (χ1v) is 14.8. The molecule has 6 nitrogen and oxygen atoms in total. The van der Waals surface area contributed by atoms with Crippen molar-refractivity contribution < 1.29 is 19.1 Å². The van der Waals surface area contributed by atoms with Crippen LogP contribution in [0.1, 0.15) is 83.8 Å². The van der Waals surface area contributed by atoms with Gasteiger partial charge in [0.15, 0.2) is 18.2 Å². The Kier molecular flexibility index (Phi) is 7.71. The second-order valence-electron chi connectivity index (χ2n) is 13.5. The Morgan fingerprint density at radius 1 is 0.902 bits per heavy atom. The number of allylic oxidation sites excluding steroid dienone is 4. The number of hydrogen-bond donors (Lipinski definition) is 1. The number of carbonyl (C=O) groups excluding carboxylic acids is 3. The van der Waals surface area contributed by atoms with Gasteiger partial charge in [0, 0.05) is 53.5 Å². The molecule has 216 valence electrons. The molecule has 3 aliphatic rings. The third kappa shape index (κ3) is 6.02. The van der Waals surface area contributed by atoms with Crippen molar-refractivity contribution in [3.63, 3.8) is 0 Å².